The van der Waals surface area contributed by atoms with Gasteiger partial charge in [-0.3, -0.25) is 4.79 Å². The summed E-state index contributed by atoms with van der Waals surface area (Å²) in [6.07, 6.45) is 0. The third-order valence-corrected chi connectivity index (χ3v) is 5.21. The number of thioether (sulfide) groups is 1. The highest BCUT2D eigenvalue weighted by Gasteiger charge is 2.17. The number of hydrogen-bond acceptors (Lipinski definition) is 6. The van der Waals surface area contributed by atoms with Gasteiger partial charge in [-0.15, -0.1) is 21.5 Å². The molecule has 0 aliphatic heterocycles. The van der Waals surface area contributed by atoms with Gasteiger partial charge in [-0.25, -0.2) is 4.68 Å². The number of amides is 1. The molecule has 8 heteroatoms. The molecule has 0 aliphatic carbocycles. The second-order valence-corrected chi connectivity index (χ2v) is 6.81. The van der Waals surface area contributed by atoms with Crippen LogP contribution in [-0.4, -0.2) is 33.1 Å². The zero-order chi connectivity index (χ0) is 16.9. The molecule has 124 valence electrons. The topological polar surface area (TPSA) is 77.0 Å². The van der Waals surface area contributed by atoms with Crippen LogP contribution in [0.1, 0.15) is 6.92 Å². The molecule has 0 radical (unpaired) electrons. The van der Waals surface area contributed by atoms with Crippen LogP contribution in [-0.2, 0) is 4.79 Å². The predicted octanol–water partition coefficient (Wildman–Crippen LogP) is 2.87. The quantitative estimate of drug-likeness (QED) is 0.541. The Hall–Kier alpha value is -2.32. The molecule has 0 saturated carbocycles. The standard InChI is InChI=1S/C16H17N5OS2/c1-2-20(12-7-4-3-5-8-12)14(22)11-24-16-19-18-15(21(16)17)13-9-6-10-23-13/h3-10H,2,11,17H2,1H3. The van der Waals surface area contributed by atoms with Crippen LogP contribution in [0.15, 0.2) is 53.0 Å². The van der Waals surface area contributed by atoms with Crippen molar-refractivity contribution in [2.24, 2.45) is 0 Å². The second kappa shape index (κ2) is 7.50. The van der Waals surface area contributed by atoms with Gasteiger partial charge in [0.05, 0.1) is 10.6 Å². The Morgan fingerprint density at radius 1 is 1.25 bits per heavy atom. The summed E-state index contributed by atoms with van der Waals surface area (Å²) in [5.74, 6) is 6.92. The van der Waals surface area contributed by atoms with Crippen molar-refractivity contribution in [1.82, 2.24) is 14.9 Å². The average Bonchev–Trinajstić information content (AvgIpc) is 3.24. The van der Waals surface area contributed by atoms with Crippen molar-refractivity contribution in [3.05, 3.63) is 47.8 Å². The van der Waals surface area contributed by atoms with Gasteiger partial charge in [-0.05, 0) is 30.5 Å². The summed E-state index contributed by atoms with van der Waals surface area (Å²) in [6.45, 7) is 2.56. The lowest BCUT2D eigenvalue weighted by Crippen LogP contribution is -2.32. The van der Waals surface area contributed by atoms with Gasteiger partial charge in [-0.2, -0.15) is 0 Å². The van der Waals surface area contributed by atoms with E-state index in [1.807, 2.05) is 54.8 Å². The van der Waals surface area contributed by atoms with Gasteiger partial charge >= 0.3 is 0 Å². The van der Waals surface area contributed by atoms with E-state index in [-0.39, 0.29) is 11.7 Å². The molecule has 0 bridgehead atoms. The SMILES string of the molecule is CCN(C(=O)CSc1nnc(-c2cccs2)n1N)c1ccccc1. The Labute approximate surface area is 148 Å². The number of carbonyl (C=O) groups excluding carboxylic acids is 1. The molecule has 2 aromatic heterocycles. The fourth-order valence-corrected chi connectivity index (χ4v) is 3.70. The van der Waals surface area contributed by atoms with Gasteiger partial charge in [0.15, 0.2) is 5.82 Å². The highest BCUT2D eigenvalue weighted by molar-refractivity contribution is 7.99. The van der Waals surface area contributed by atoms with Gasteiger partial charge in [0.2, 0.25) is 11.1 Å². The van der Waals surface area contributed by atoms with E-state index < -0.39 is 0 Å². The van der Waals surface area contributed by atoms with Crippen LogP contribution >= 0.6 is 23.1 Å². The summed E-state index contributed by atoms with van der Waals surface area (Å²) in [7, 11) is 0. The number of nitrogen functional groups attached to an aromatic ring is 1. The molecule has 2 N–H and O–H groups in total. The summed E-state index contributed by atoms with van der Waals surface area (Å²) in [4.78, 5) is 15.2. The van der Waals surface area contributed by atoms with Crippen LogP contribution in [0.3, 0.4) is 0 Å². The minimum atomic E-state index is 0.00868. The van der Waals surface area contributed by atoms with Gasteiger partial charge in [0, 0.05) is 12.2 Å². The molecular formula is C16H17N5OS2. The first-order valence-electron chi connectivity index (χ1n) is 7.43. The third kappa shape index (κ3) is 3.44. The number of nitrogens with two attached hydrogens (primary N) is 1. The van der Waals surface area contributed by atoms with Crippen LogP contribution < -0.4 is 10.7 Å². The van der Waals surface area contributed by atoms with Crippen molar-refractivity contribution >= 4 is 34.7 Å². The fraction of sp³-hybridized carbons (Fsp3) is 0.188. The average molecular weight is 359 g/mol. The molecule has 2 heterocycles. The van der Waals surface area contributed by atoms with Gasteiger partial charge in [-0.1, -0.05) is 36.0 Å². The Kier molecular flexibility index (Phi) is 5.17. The van der Waals surface area contributed by atoms with Crippen LogP contribution in [0.4, 0.5) is 5.69 Å². The molecule has 0 fully saturated rings. The van der Waals surface area contributed by atoms with Crippen molar-refractivity contribution < 1.29 is 4.79 Å². The summed E-state index contributed by atoms with van der Waals surface area (Å²) in [5.41, 5.74) is 0.888. The number of hydrogen-bond donors (Lipinski definition) is 1. The van der Waals surface area contributed by atoms with Crippen LogP contribution in [0, 0.1) is 0 Å². The highest BCUT2D eigenvalue weighted by atomic mass is 32.2. The maximum absolute atomic E-state index is 12.5. The van der Waals surface area contributed by atoms with Crippen molar-refractivity contribution in [1.29, 1.82) is 0 Å². The number of aromatic nitrogens is 3. The number of carbonyl (C=O) groups is 1. The minimum absolute atomic E-state index is 0.00868. The van der Waals surface area contributed by atoms with Crippen molar-refractivity contribution in [3.8, 4) is 10.7 Å². The largest absolute Gasteiger partial charge is 0.335 e. The number of rotatable bonds is 6. The molecular weight excluding hydrogens is 342 g/mol. The number of benzene rings is 1. The van der Waals surface area contributed by atoms with E-state index in [1.54, 1.807) is 16.2 Å². The van der Waals surface area contributed by atoms with Gasteiger partial charge < -0.3 is 10.7 Å². The molecule has 0 spiro atoms. The van der Waals surface area contributed by atoms with E-state index in [0.717, 1.165) is 10.6 Å². The molecule has 0 unspecified atom stereocenters. The number of nitrogens with zero attached hydrogens (tertiary/aromatic N) is 4. The predicted molar refractivity (Wildman–Crippen MR) is 98.7 cm³/mol. The van der Waals surface area contributed by atoms with E-state index in [1.165, 1.54) is 16.4 Å². The van der Waals surface area contributed by atoms with Crippen molar-refractivity contribution in [2.45, 2.75) is 12.1 Å². The normalized spacial score (nSPS) is 10.7. The Bertz CT molecular complexity index is 801. The smallest absolute Gasteiger partial charge is 0.237 e. The summed E-state index contributed by atoms with van der Waals surface area (Å²) in [5, 5.41) is 10.7. The molecule has 24 heavy (non-hydrogen) atoms. The Morgan fingerprint density at radius 2 is 2.04 bits per heavy atom. The molecule has 1 aromatic carbocycles. The van der Waals surface area contributed by atoms with Gasteiger partial charge in [0.1, 0.15) is 0 Å². The minimum Gasteiger partial charge on any atom is -0.335 e. The molecule has 3 aromatic rings. The number of thiophene rings is 1. The monoisotopic (exact) mass is 359 g/mol. The maximum atomic E-state index is 12.5. The Morgan fingerprint density at radius 3 is 2.71 bits per heavy atom. The van der Waals surface area contributed by atoms with Crippen LogP contribution in [0.5, 0.6) is 0 Å². The summed E-state index contributed by atoms with van der Waals surface area (Å²) >= 11 is 2.84. The van der Waals surface area contributed by atoms with E-state index >= 15 is 0 Å². The zero-order valence-corrected chi connectivity index (χ0v) is 14.8. The third-order valence-electron chi connectivity index (χ3n) is 3.42. The Balaban J connectivity index is 1.68. The molecule has 0 aliphatic rings. The lowest BCUT2D eigenvalue weighted by atomic mass is 10.3. The lowest BCUT2D eigenvalue weighted by molar-refractivity contribution is -0.116. The maximum Gasteiger partial charge on any atom is 0.237 e. The van der Waals surface area contributed by atoms with Crippen LogP contribution in [0.2, 0.25) is 0 Å². The van der Waals surface area contributed by atoms with E-state index in [4.69, 9.17) is 5.84 Å². The molecule has 1 amide bonds. The van der Waals surface area contributed by atoms with E-state index in [0.29, 0.717) is 17.5 Å². The van der Waals surface area contributed by atoms with Gasteiger partial charge in [0.25, 0.3) is 0 Å². The van der Waals surface area contributed by atoms with Crippen molar-refractivity contribution in [2.75, 3.05) is 23.0 Å². The van der Waals surface area contributed by atoms with Crippen molar-refractivity contribution in [3.63, 3.8) is 0 Å². The highest BCUT2D eigenvalue weighted by Crippen LogP contribution is 2.25. The fourth-order valence-electron chi connectivity index (χ4n) is 2.26. The molecule has 3 rings (SSSR count). The zero-order valence-electron chi connectivity index (χ0n) is 13.1. The summed E-state index contributed by atoms with van der Waals surface area (Å²) < 4.78 is 1.43. The number of anilines is 1. The van der Waals surface area contributed by atoms with E-state index in [9.17, 15) is 4.79 Å². The van der Waals surface area contributed by atoms with Crippen LogP contribution in [0.25, 0.3) is 10.7 Å². The molecule has 6 nitrogen and oxygen atoms in total. The molecule has 0 saturated heterocycles. The first-order chi connectivity index (χ1) is 11.7. The van der Waals surface area contributed by atoms with E-state index in [2.05, 4.69) is 10.2 Å². The second-order valence-electron chi connectivity index (χ2n) is 4.92. The first kappa shape index (κ1) is 16.5. The number of para-hydroxylation sites is 1. The molecule has 0 atom stereocenters. The first-order valence-corrected chi connectivity index (χ1v) is 9.29. The summed E-state index contributed by atoms with van der Waals surface area (Å²) in [6, 6.07) is 13.5. The lowest BCUT2D eigenvalue weighted by Gasteiger charge is -2.20.